The first kappa shape index (κ1) is 9.91. The number of aliphatic hydroxyl groups is 2. The van der Waals surface area contributed by atoms with E-state index in [2.05, 4.69) is 22.6 Å². The molecule has 0 aliphatic rings. The number of hydrogen-bond donors (Lipinski definition) is 2. The molecule has 0 amide bonds. The zero-order valence-electron chi connectivity index (χ0n) is 6.03. The second-order valence-corrected chi connectivity index (χ2v) is 1.42. The molecule has 0 saturated heterocycles. The Morgan fingerprint density at radius 3 is 1.67 bits per heavy atom. The average Bonchev–Trinajstić information content (AvgIpc) is 2.03. The summed E-state index contributed by atoms with van der Waals surface area (Å²) in [5.41, 5.74) is 3.72. The standard InChI is InChI=1S/C7H6O5/c1-3-5(8)11-7(10)12-6(9)4-2/h8-9H,1-2H2. The molecule has 0 bridgehead atoms. The third-order valence-corrected chi connectivity index (χ3v) is 0.662. The Bertz CT molecular complexity index is 250. The van der Waals surface area contributed by atoms with Gasteiger partial charge in [-0.05, 0) is 24.6 Å². The number of aliphatic hydroxyl groups excluding tert-OH is 2. The van der Waals surface area contributed by atoms with Crippen molar-refractivity contribution < 1.29 is 24.5 Å². The van der Waals surface area contributed by atoms with Gasteiger partial charge in [0, 0.05) is 0 Å². The number of carbonyl (C=O) groups excluding carboxylic acids is 1. The van der Waals surface area contributed by atoms with E-state index >= 15 is 0 Å². The zero-order chi connectivity index (χ0) is 9.56. The lowest BCUT2D eigenvalue weighted by Crippen LogP contribution is -2.05. The van der Waals surface area contributed by atoms with E-state index in [1.807, 2.05) is 11.5 Å². The Balaban J connectivity index is 4.08. The van der Waals surface area contributed by atoms with E-state index in [1.165, 1.54) is 0 Å². The van der Waals surface area contributed by atoms with Crippen molar-refractivity contribution in [2.45, 2.75) is 0 Å². The molecule has 0 spiro atoms. The van der Waals surface area contributed by atoms with Crippen molar-refractivity contribution in [3.05, 3.63) is 36.5 Å². The third kappa shape index (κ3) is 3.85. The molecular formula is C7H6O5. The average molecular weight is 170 g/mol. The first-order valence-corrected chi connectivity index (χ1v) is 2.67. The van der Waals surface area contributed by atoms with Crippen LogP contribution < -0.4 is 0 Å². The highest BCUT2D eigenvalue weighted by Gasteiger charge is 2.08. The number of hydrogen-bond acceptors (Lipinski definition) is 5. The minimum absolute atomic E-state index is 0.850. The van der Waals surface area contributed by atoms with Crippen LogP contribution >= 0.6 is 0 Å². The summed E-state index contributed by atoms with van der Waals surface area (Å²) in [6.45, 7) is 5.94. The van der Waals surface area contributed by atoms with Gasteiger partial charge in [0.25, 0.3) is 0 Å². The Morgan fingerprint density at radius 1 is 1.08 bits per heavy atom. The molecule has 0 saturated carbocycles. The van der Waals surface area contributed by atoms with Crippen molar-refractivity contribution in [1.82, 2.24) is 0 Å². The molecule has 0 rings (SSSR count). The zero-order valence-corrected chi connectivity index (χ0v) is 6.03. The monoisotopic (exact) mass is 170 g/mol. The highest BCUT2D eigenvalue weighted by molar-refractivity contribution is 5.62. The van der Waals surface area contributed by atoms with Gasteiger partial charge in [-0.25, -0.2) is 4.79 Å². The lowest BCUT2D eigenvalue weighted by Gasteiger charge is -1.98. The van der Waals surface area contributed by atoms with Crippen LogP contribution in [0.15, 0.2) is 36.5 Å². The van der Waals surface area contributed by atoms with Gasteiger partial charge in [-0.2, -0.15) is 0 Å². The molecule has 0 aromatic heterocycles. The molecule has 0 aromatic rings. The lowest BCUT2D eigenvalue weighted by atomic mass is 10.8. The molecule has 64 valence electrons. The maximum atomic E-state index is 10.4. The number of carbonyl (C=O) groups is 1. The van der Waals surface area contributed by atoms with E-state index in [0.717, 1.165) is 0 Å². The molecule has 0 aliphatic heterocycles. The lowest BCUT2D eigenvalue weighted by molar-refractivity contribution is 0.0384. The van der Waals surface area contributed by atoms with Crippen molar-refractivity contribution in [2.24, 2.45) is 0 Å². The molecule has 0 fully saturated rings. The first-order chi connectivity index (χ1) is 5.60. The molecule has 0 aliphatic carbocycles. The smallest absolute Gasteiger partial charge is 0.474 e. The summed E-state index contributed by atoms with van der Waals surface area (Å²) in [5, 5.41) is 17.0. The highest BCUT2D eigenvalue weighted by Crippen LogP contribution is 1.96. The first-order valence-electron chi connectivity index (χ1n) is 2.67. The minimum atomic E-state index is -1.34. The molecule has 0 unspecified atom stereocenters. The van der Waals surface area contributed by atoms with Crippen LogP contribution in [0.5, 0.6) is 0 Å². The van der Waals surface area contributed by atoms with Crippen molar-refractivity contribution in [3.63, 3.8) is 0 Å². The van der Waals surface area contributed by atoms with Crippen LogP contribution in [0.3, 0.4) is 0 Å². The van der Waals surface area contributed by atoms with Crippen molar-refractivity contribution >= 4 is 6.16 Å². The van der Waals surface area contributed by atoms with Crippen LogP contribution in [0, 0.1) is 0 Å². The summed E-state index contributed by atoms with van der Waals surface area (Å²) in [6, 6.07) is 0. The van der Waals surface area contributed by atoms with Gasteiger partial charge in [0.15, 0.2) is 0 Å². The Morgan fingerprint density at radius 2 is 1.42 bits per heavy atom. The van der Waals surface area contributed by atoms with Gasteiger partial charge in [0.05, 0.1) is 0 Å². The fourth-order valence-electron chi connectivity index (χ4n) is 0.251. The Kier molecular flexibility index (Phi) is 3.87. The van der Waals surface area contributed by atoms with Crippen molar-refractivity contribution in [3.8, 4) is 0 Å². The van der Waals surface area contributed by atoms with E-state index < -0.39 is 18.0 Å². The molecule has 12 heavy (non-hydrogen) atoms. The molecule has 0 radical (unpaired) electrons. The SMILES string of the molecule is C=C=C(O)OC(=O)OC(O)=C=C. The molecule has 0 atom stereocenters. The summed E-state index contributed by atoms with van der Waals surface area (Å²) in [5.74, 6) is -1.70. The van der Waals surface area contributed by atoms with Gasteiger partial charge in [-0.1, -0.05) is 0 Å². The predicted molar refractivity (Wildman–Crippen MR) is 38.1 cm³/mol. The normalized spacial score (nSPS) is 7.33. The number of ether oxygens (including phenoxy) is 2. The number of rotatable bonds is 2. The quantitative estimate of drug-likeness (QED) is 0.373. The highest BCUT2D eigenvalue weighted by atomic mass is 16.8. The van der Waals surface area contributed by atoms with Gasteiger partial charge in [-0.3, -0.25) is 0 Å². The summed E-state index contributed by atoms with van der Waals surface area (Å²) in [4.78, 5) is 10.4. The van der Waals surface area contributed by atoms with Gasteiger partial charge in [-0.15, -0.1) is 0 Å². The maximum absolute atomic E-state index is 10.4. The summed E-state index contributed by atoms with van der Waals surface area (Å²) >= 11 is 0. The molecule has 5 nitrogen and oxygen atoms in total. The van der Waals surface area contributed by atoms with Crippen LogP contribution in [0.1, 0.15) is 0 Å². The molecule has 0 heterocycles. The largest absolute Gasteiger partial charge is 0.525 e. The van der Waals surface area contributed by atoms with E-state index in [9.17, 15) is 4.79 Å². The summed E-state index contributed by atoms with van der Waals surface area (Å²) < 4.78 is 7.92. The van der Waals surface area contributed by atoms with E-state index in [1.54, 1.807) is 0 Å². The second-order valence-electron chi connectivity index (χ2n) is 1.42. The second kappa shape index (κ2) is 4.68. The van der Waals surface area contributed by atoms with Crippen LogP contribution in [0.4, 0.5) is 4.79 Å². The fourth-order valence-corrected chi connectivity index (χ4v) is 0.251. The van der Waals surface area contributed by atoms with E-state index in [0.29, 0.717) is 0 Å². The summed E-state index contributed by atoms with van der Waals surface area (Å²) in [7, 11) is 0. The van der Waals surface area contributed by atoms with Gasteiger partial charge in [0.2, 0.25) is 0 Å². The predicted octanol–water partition coefficient (Wildman–Crippen LogP) is 1.51. The Hall–Kier alpha value is -2.09. The Labute approximate surface area is 68.1 Å². The molecular weight excluding hydrogens is 164 g/mol. The van der Waals surface area contributed by atoms with Gasteiger partial charge >= 0.3 is 18.0 Å². The molecule has 2 N–H and O–H groups in total. The topological polar surface area (TPSA) is 76.0 Å². The molecule has 5 heteroatoms. The van der Waals surface area contributed by atoms with Gasteiger partial charge in [0.1, 0.15) is 0 Å². The van der Waals surface area contributed by atoms with E-state index in [-0.39, 0.29) is 0 Å². The third-order valence-electron chi connectivity index (χ3n) is 0.662. The van der Waals surface area contributed by atoms with Crippen LogP contribution in [-0.2, 0) is 9.47 Å². The van der Waals surface area contributed by atoms with Crippen LogP contribution in [0.2, 0.25) is 0 Å². The van der Waals surface area contributed by atoms with Crippen LogP contribution in [0.25, 0.3) is 0 Å². The summed E-state index contributed by atoms with van der Waals surface area (Å²) in [6.07, 6.45) is -1.34. The van der Waals surface area contributed by atoms with Crippen molar-refractivity contribution in [1.29, 1.82) is 0 Å². The minimum Gasteiger partial charge on any atom is -0.474 e. The molecule has 0 aromatic carbocycles. The van der Waals surface area contributed by atoms with Crippen LogP contribution in [-0.4, -0.2) is 16.4 Å². The van der Waals surface area contributed by atoms with Gasteiger partial charge < -0.3 is 19.7 Å². The van der Waals surface area contributed by atoms with E-state index in [4.69, 9.17) is 10.2 Å². The maximum Gasteiger partial charge on any atom is 0.525 e. The fraction of sp³-hybridized carbons (Fsp3) is 0. The van der Waals surface area contributed by atoms with Crippen molar-refractivity contribution in [2.75, 3.05) is 0 Å².